The predicted octanol–water partition coefficient (Wildman–Crippen LogP) is 4.88. The predicted molar refractivity (Wildman–Crippen MR) is 95.3 cm³/mol. The highest BCUT2D eigenvalue weighted by atomic mass is 32.1. The molecule has 1 unspecified atom stereocenters. The number of hydrogen-bond donors (Lipinski definition) is 0. The zero-order chi connectivity index (χ0) is 17.3. The van der Waals surface area contributed by atoms with Crippen molar-refractivity contribution in [1.82, 2.24) is 4.90 Å². The van der Waals surface area contributed by atoms with Crippen LogP contribution in [0.4, 0.5) is 4.39 Å². The Hall–Kier alpha value is -2.40. The normalized spacial score (nSPS) is 12.2. The average Bonchev–Trinajstić information content (AvgIpc) is 3.05. The van der Waals surface area contributed by atoms with Gasteiger partial charge in [0.15, 0.2) is 0 Å². The summed E-state index contributed by atoms with van der Waals surface area (Å²) in [7, 11) is 3.36. The second kappa shape index (κ2) is 6.61. The van der Waals surface area contributed by atoms with Gasteiger partial charge in [-0.05, 0) is 31.2 Å². The monoisotopic (exact) mass is 343 g/mol. The first kappa shape index (κ1) is 16.5. The highest BCUT2D eigenvalue weighted by Gasteiger charge is 2.23. The minimum absolute atomic E-state index is 0.131. The van der Waals surface area contributed by atoms with E-state index in [1.165, 1.54) is 17.4 Å². The van der Waals surface area contributed by atoms with E-state index in [1.807, 2.05) is 37.3 Å². The number of hydrogen-bond acceptors (Lipinski definition) is 3. The molecule has 0 saturated carbocycles. The van der Waals surface area contributed by atoms with E-state index in [2.05, 4.69) is 0 Å². The lowest BCUT2D eigenvalue weighted by Crippen LogP contribution is -2.29. The third-order valence-electron chi connectivity index (χ3n) is 4.21. The quantitative estimate of drug-likeness (QED) is 0.675. The van der Waals surface area contributed by atoms with E-state index >= 15 is 0 Å². The number of benzene rings is 2. The molecule has 0 saturated heterocycles. The molecule has 0 bridgehead atoms. The number of para-hydroxylation sites is 1. The van der Waals surface area contributed by atoms with Gasteiger partial charge in [0.05, 0.1) is 18.0 Å². The van der Waals surface area contributed by atoms with Crippen LogP contribution in [0.3, 0.4) is 0 Å². The number of amides is 1. The number of halogens is 1. The van der Waals surface area contributed by atoms with Crippen LogP contribution in [-0.2, 0) is 0 Å². The SMILES string of the molecule is COc1ccccc1C(C)N(C)C(=O)c1cc2c(F)cccc2s1. The molecule has 0 N–H and O–H groups in total. The van der Waals surface area contributed by atoms with Crippen molar-refractivity contribution in [3.05, 3.63) is 64.8 Å². The molecular weight excluding hydrogens is 325 g/mol. The van der Waals surface area contributed by atoms with Gasteiger partial charge in [-0.3, -0.25) is 4.79 Å². The second-order valence-electron chi connectivity index (χ2n) is 5.60. The molecule has 0 aliphatic carbocycles. The van der Waals surface area contributed by atoms with Gasteiger partial charge in [0.1, 0.15) is 11.6 Å². The largest absolute Gasteiger partial charge is 0.496 e. The minimum atomic E-state index is -0.303. The van der Waals surface area contributed by atoms with Gasteiger partial charge in [-0.1, -0.05) is 24.3 Å². The summed E-state index contributed by atoms with van der Waals surface area (Å²) in [6.07, 6.45) is 0. The smallest absolute Gasteiger partial charge is 0.264 e. The molecule has 1 atom stereocenters. The van der Waals surface area contributed by atoms with Gasteiger partial charge in [0.25, 0.3) is 5.91 Å². The van der Waals surface area contributed by atoms with Crippen molar-refractivity contribution in [3.63, 3.8) is 0 Å². The fourth-order valence-electron chi connectivity index (χ4n) is 2.70. The van der Waals surface area contributed by atoms with Crippen molar-refractivity contribution in [3.8, 4) is 5.75 Å². The van der Waals surface area contributed by atoms with Crippen LogP contribution in [0.5, 0.6) is 5.75 Å². The molecular formula is C19H18FNO2S. The number of thiophene rings is 1. The highest BCUT2D eigenvalue weighted by Crippen LogP contribution is 2.32. The topological polar surface area (TPSA) is 29.5 Å². The summed E-state index contributed by atoms with van der Waals surface area (Å²) in [6, 6.07) is 14.0. The molecule has 0 spiro atoms. The van der Waals surface area contributed by atoms with Crippen molar-refractivity contribution in [2.45, 2.75) is 13.0 Å². The molecule has 3 rings (SSSR count). The molecule has 124 valence electrons. The van der Waals surface area contributed by atoms with Gasteiger partial charge >= 0.3 is 0 Å². The van der Waals surface area contributed by atoms with Crippen molar-refractivity contribution < 1.29 is 13.9 Å². The zero-order valence-corrected chi connectivity index (χ0v) is 14.6. The molecule has 0 radical (unpaired) electrons. The van der Waals surface area contributed by atoms with E-state index in [4.69, 9.17) is 4.74 Å². The maximum absolute atomic E-state index is 13.9. The third-order valence-corrected chi connectivity index (χ3v) is 5.30. The van der Waals surface area contributed by atoms with Crippen LogP contribution in [0.15, 0.2) is 48.5 Å². The summed E-state index contributed by atoms with van der Waals surface area (Å²) in [6.45, 7) is 1.95. The van der Waals surface area contributed by atoms with E-state index in [-0.39, 0.29) is 17.8 Å². The Labute approximate surface area is 144 Å². The van der Waals surface area contributed by atoms with E-state index in [0.717, 1.165) is 16.0 Å². The van der Waals surface area contributed by atoms with Gasteiger partial charge in [-0.2, -0.15) is 0 Å². The van der Waals surface area contributed by atoms with Crippen molar-refractivity contribution in [1.29, 1.82) is 0 Å². The molecule has 0 aliphatic heterocycles. The Kier molecular flexibility index (Phi) is 4.53. The van der Waals surface area contributed by atoms with Crippen molar-refractivity contribution in [2.75, 3.05) is 14.2 Å². The van der Waals surface area contributed by atoms with Crippen molar-refractivity contribution in [2.24, 2.45) is 0 Å². The van der Waals surface area contributed by atoms with Crippen LogP contribution < -0.4 is 4.74 Å². The van der Waals surface area contributed by atoms with Gasteiger partial charge in [0.2, 0.25) is 0 Å². The maximum Gasteiger partial charge on any atom is 0.264 e. The fourth-order valence-corrected chi connectivity index (χ4v) is 3.76. The molecule has 3 aromatic rings. The number of methoxy groups -OCH3 is 1. The summed E-state index contributed by atoms with van der Waals surface area (Å²) < 4.78 is 20.0. The average molecular weight is 343 g/mol. The van der Waals surface area contributed by atoms with Crippen molar-refractivity contribution >= 4 is 27.3 Å². The molecule has 1 amide bonds. The van der Waals surface area contributed by atoms with Crippen LogP contribution in [0.1, 0.15) is 28.2 Å². The summed E-state index contributed by atoms with van der Waals surface area (Å²) in [4.78, 5) is 15.0. The third kappa shape index (κ3) is 2.87. The first-order chi connectivity index (χ1) is 11.5. The number of rotatable bonds is 4. The number of fused-ring (bicyclic) bond motifs is 1. The Balaban J connectivity index is 1.91. The van der Waals surface area contributed by atoms with E-state index < -0.39 is 0 Å². The van der Waals surface area contributed by atoms with E-state index in [1.54, 1.807) is 31.2 Å². The van der Waals surface area contributed by atoms with Crippen LogP contribution in [0, 0.1) is 5.82 Å². The molecule has 0 fully saturated rings. The summed E-state index contributed by atoms with van der Waals surface area (Å²) in [5.74, 6) is 0.310. The Morgan fingerprint density at radius 1 is 1.21 bits per heavy atom. The summed E-state index contributed by atoms with van der Waals surface area (Å²) in [5.41, 5.74) is 0.933. The highest BCUT2D eigenvalue weighted by molar-refractivity contribution is 7.20. The van der Waals surface area contributed by atoms with Gasteiger partial charge in [-0.25, -0.2) is 4.39 Å². The van der Waals surface area contributed by atoms with Gasteiger partial charge in [0, 0.05) is 22.7 Å². The Morgan fingerprint density at radius 3 is 2.67 bits per heavy atom. The lowest BCUT2D eigenvalue weighted by molar-refractivity contribution is 0.0746. The Morgan fingerprint density at radius 2 is 1.96 bits per heavy atom. The molecule has 3 nitrogen and oxygen atoms in total. The minimum Gasteiger partial charge on any atom is -0.496 e. The first-order valence-electron chi connectivity index (χ1n) is 7.61. The first-order valence-corrected chi connectivity index (χ1v) is 8.42. The second-order valence-corrected chi connectivity index (χ2v) is 6.68. The number of nitrogens with zero attached hydrogens (tertiary/aromatic N) is 1. The standard InChI is InChI=1S/C19H18FNO2S/c1-12(13-7-4-5-9-16(13)23-3)21(2)19(22)18-11-14-15(20)8-6-10-17(14)24-18/h4-12H,1-3H3. The lowest BCUT2D eigenvalue weighted by Gasteiger charge is -2.26. The van der Waals surface area contributed by atoms with E-state index in [0.29, 0.717) is 10.3 Å². The molecule has 5 heteroatoms. The van der Waals surface area contributed by atoms with E-state index in [9.17, 15) is 9.18 Å². The van der Waals surface area contributed by atoms with Gasteiger partial charge < -0.3 is 9.64 Å². The number of carbonyl (C=O) groups excluding carboxylic acids is 1. The van der Waals surface area contributed by atoms with Gasteiger partial charge in [-0.15, -0.1) is 11.3 Å². The zero-order valence-electron chi connectivity index (χ0n) is 13.7. The van der Waals surface area contributed by atoms with Crippen LogP contribution in [0.2, 0.25) is 0 Å². The molecule has 0 aliphatic rings. The maximum atomic E-state index is 13.9. The van der Waals surface area contributed by atoms with Crippen LogP contribution in [0.25, 0.3) is 10.1 Å². The summed E-state index contributed by atoms with van der Waals surface area (Å²) >= 11 is 1.31. The van der Waals surface area contributed by atoms with Crippen LogP contribution in [-0.4, -0.2) is 25.0 Å². The fraction of sp³-hybridized carbons (Fsp3) is 0.211. The summed E-state index contributed by atoms with van der Waals surface area (Å²) in [5, 5.41) is 0.490. The number of carbonyl (C=O) groups is 1. The number of ether oxygens (including phenoxy) is 1. The van der Waals surface area contributed by atoms with Crippen LogP contribution >= 0.6 is 11.3 Å². The molecule has 1 heterocycles. The Bertz CT molecular complexity index is 890. The molecule has 24 heavy (non-hydrogen) atoms. The molecule has 2 aromatic carbocycles. The lowest BCUT2D eigenvalue weighted by atomic mass is 10.1. The molecule has 1 aromatic heterocycles.